The largest absolute Gasteiger partial charge is 0.468 e. The van der Waals surface area contributed by atoms with E-state index in [0.717, 1.165) is 0 Å². The second-order valence-electron chi connectivity index (χ2n) is 4.35. The molecule has 3 atom stereocenters. The Morgan fingerprint density at radius 2 is 2.25 bits per heavy atom. The third-order valence-electron chi connectivity index (χ3n) is 3.03. The van der Waals surface area contributed by atoms with Gasteiger partial charge in [-0.3, -0.25) is 9.36 Å². The fourth-order valence-electron chi connectivity index (χ4n) is 1.85. The number of aliphatic imine (C=N–C) groups is 1. The van der Waals surface area contributed by atoms with Crippen molar-refractivity contribution in [3.63, 3.8) is 0 Å². The molecule has 0 saturated heterocycles. The lowest BCUT2D eigenvalue weighted by atomic mass is 10.1. The summed E-state index contributed by atoms with van der Waals surface area (Å²) in [5.74, 6) is 0.145. The number of aromatic nitrogens is 2. The number of nitrogens with one attached hydrogen (secondary N) is 1. The molecule has 2 heterocycles. The summed E-state index contributed by atoms with van der Waals surface area (Å²) in [5, 5.41) is 30.8. The van der Waals surface area contributed by atoms with E-state index in [1.807, 2.05) is 0 Å². The van der Waals surface area contributed by atoms with Gasteiger partial charge >= 0.3 is 6.01 Å². The average molecular weight is 284 g/mol. The third kappa shape index (κ3) is 2.38. The molecule has 0 fully saturated rings. The van der Waals surface area contributed by atoms with E-state index in [1.165, 1.54) is 24.9 Å². The highest BCUT2D eigenvalue weighted by atomic mass is 16.5. The highest BCUT2D eigenvalue weighted by Gasteiger charge is 2.29. The predicted octanol–water partition coefficient (Wildman–Crippen LogP) is -2.00. The smallest absolute Gasteiger partial charge is 0.300 e. The monoisotopic (exact) mass is 284 g/mol. The highest BCUT2D eigenvalue weighted by Crippen LogP contribution is 2.25. The van der Waals surface area contributed by atoms with Gasteiger partial charge in [-0.1, -0.05) is 0 Å². The Morgan fingerprint density at radius 1 is 1.55 bits per heavy atom. The van der Waals surface area contributed by atoms with Crippen LogP contribution in [-0.4, -0.2) is 63.1 Å². The molecule has 1 aromatic heterocycles. The van der Waals surface area contributed by atoms with Gasteiger partial charge in [0.1, 0.15) is 17.9 Å². The number of aliphatic hydroxyl groups excluding tert-OH is 3. The van der Waals surface area contributed by atoms with E-state index in [4.69, 9.17) is 9.84 Å². The molecule has 0 bridgehead atoms. The summed E-state index contributed by atoms with van der Waals surface area (Å²) in [6, 6.07) is -0.686. The molecule has 1 aromatic rings. The molecule has 0 aliphatic carbocycles. The predicted molar refractivity (Wildman–Crippen MR) is 70.7 cm³/mol. The van der Waals surface area contributed by atoms with Crippen LogP contribution >= 0.6 is 0 Å². The van der Waals surface area contributed by atoms with E-state index in [2.05, 4.69) is 15.3 Å². The summed E-state index contributed by atoms with van der Waals surface area (Å²) >= 11 is 0. The molecule has 0 saturated carbocycles. The van der Waals surface area contributed by atoms with Crippen LogP contribution in [0, 0.1) is 0 Å². The van der Waals surface area contributed by atoms with E-state index < -0.39 is 30.4 Å². The van der Waals surface area contributed by atoms with Crippen LogP contribution in [0.3, 0.4) is 0 Å². The van der Waals surface area contributed by atoms with Gasteiger partial charge in [0.25, 0.3) is 5.56 Å². The first kappa shape index (κ1) is 14.4. The van der Waals surface area contributed by atoms with E-state index in [0.29, 0.717) is 0 Å². The van der Waals surface area contributed by atoms with Crippen molar-refractivity contribution in [3.05, 3.63) is 10.4 Å². The summed E-state index contributed by atoms with van der Waals surface area (Å²) in [6.45, 7) is -0.598. The molecule has 1 aliphatic rings. The van der Waals surface area contributed by atoms with Crippen molar-refractivity contribution in [1.29, 1.82) is 0 Å². The number of rotatable bonds is 4. The first-order chi connectivity index (χ1) is 9.49. The van der Waals surface area contributed by atoms with Crippen molar-refractivity contribution in [3.8, 4) is 6.01 Å². The van der Waals surface area contributed by atoms with Gasteiger partial charge in [0.15, 0.2) is 5.82 Å². The molecule has 110 valence electrons. The van der Waals surface area contributed by atoms with E-state index in [1.54, 1.807) is 0 Å². The fourth-order valence-corrected chi connectivity index (χ4v) is 1.85. The Balaban J connectivity index is 2.36. The topological polar surface area (TPSA) is 129 Å². The van der Waals surface area contributed by atoms with Crippen LogP contribution in [0.5, 0.6) is 6.01 Å². The fraction of sp³-hybridized carbons (Fsp3) is 0.545. The summed E-state index contributed by atoms with van der Waals surface area (Å²) < 4.78 is 6.14. The molecule has 9 heteroatoms. The minimum absolute atomic E-state index is 0.102. The maximum absolute atomic E-state index is 12.1. The first-order valence-electron chi connectivity index (χ1n) is 5.92. The van der Waals surface area contributed by atoms with Crippen molar-refractivity contribution >= 4 is 17.7 Å². The molecule has 4 N–H and O–H groups in total. The molecule has 3 unspecified atom stereocenters. The lowest BCUT2D eigenvalue weighted by molar-refractivity contribution is -0.0136. The van der Waals surface area contributed by atoms with Gasteiger partial charge in [-0.2, -0.15) is 4.98 Å². The number of hydrogen-bond acceptors (Lipinski definition) is 8. The SMILES string of the molecule is COc1nc2c(c(=O)n1C)NC(C(O)C(O)CO)C=N2. The Bertz CT molecular complexity index is 585. The molecule has 0 spiro atoms. The zero-order valence-corrected chi connectivity index (χ0v) is 11.0. The molecule has 1 aliphatic heterocycles. The molecular weight excluding hydrogens is 268 g/mol. The molecule has 20 heavy (non-hydrogen) atoms. The lowest BCUT2D eigenvalue weighted by Gasteiger charge is -2.27. The van der Waals surface area contributed by atoms with E-state index in [9.17, 15) is 15.0 Å². The van der Waals surface area contributed by atoms with Crippen molar-refractivity contribution in [2.45, 2.75) is 18.2 Å². The van der Waals surface area contributed by atoms with Gasteiger partial charge in [0.05, 0.1) is 19.8 Å². The maximum atomic E-state index is 12.1. The third-order valence-corrected chi connectivity index (χ3v) is 3.03. The minimum atomic E-state index is -1.34. The van der Waals surface area contributed by atoms with Gasteiger partial charge in [-0.15, -0.1) is 0 Å². The van der Waals surface area contributed by atoms with E-state index in [-0.39, 0.29) is 17.5 Å². The van der Waals surface area contributed by atoms with Crippen LogP contribution < -0.4 is 15.6 Å². The molecule has 0 amide bonds. The Kier molecular flexibility index (Phi) is 4.02. The molecule has 9 nitrogen and oxygen atoms in total. The van der Waals surface area contributed by atoms with Gasteiger partial charge in [0.2, 0.25) is 0 Å². The number of nitrogens with zero attached hydrogens (tertiary/aromatic N) is 3. The molecule has 2 rings (SSSR count). The summed E-state index contributed by atoms with van der Waals surface area (Å²) in [7, 11) is 2.88. The van der Waals surface area contributed by atoms with Crippen LogP contribution in [0.25, 0.3) is 0 Å². The molecular formula is C11H16N4O5. The second-order valence-corrected chi connectivity index (χ2v) is 4.35. The van der Waals surface area contributed by atoms with Crippen LogP contribution in [0.4, 0.5) is 11.5 Å². The van der Waals surface area contributed by atoms with Crippen LogP contribution in [-0.2, 0) is 7.05 Å². The number of methoxy groups -OCH3 is 1. The van der Waals surface area contributed by atoms with Crippen molar-refractivity contribution in [1.82, 2.24) is 9.55 Å². The number of fused-ring (bicyclic) bond motifs is 1. The summed E-state index contributed by atoms with van der Waals surface area (Å²) in [4.78, 5) is 20.1. The number of ether oxygens (including phenoxy) is 1. The number of anilines is 1. The highest BCUT2D eigenvalue weighted by molar-refractivity contribution is 5.81. The standard InChI is InChI=1S/C11H16N4O5/c1-15-10(19)7-9(14-11(15)20-2)12-3-5(13-7)8(18)6(17)4-16/h3,5-6,8,13,16-18H,4H2,1-2H3. The minimum Gasteiger partial charge on any atom is -0.468 e. The van der Waals surface area contributed by atoms with Gasteiger partial charge in [0, 0.05) is 13.3 Å². The molecule has 0 aromatic carbocycles. The quantitative estimate of drug-likeness (QED) is 0.503. The van der Waals surface area contributed by atoms with Crippen molar-refractivity contribution in [2.24, 2.45) is 12.0 Å². The van der Waals surface area contributed by atoms with E-state index >= 15 is 0 Å². The van der Waals surface area contributed by atoms with Gasteiger partial charge in [-0.25, -0.2) is 4.99 Å². The Morgan fingerprint density at radius 3 is 2.85 bits per heavy atom. The van der Waals surface area contributed by atoms with Crippen molar-refractivity contribution < 1.29 is 20.1 Å². The Labute approximate surface area is 114 Å². The average Bonchev–Trinajstić information content (AvgIpc) is 2.48. The van der Waals surface area contributed by atoms with Gasteiger partial charge < -0.3 is 25.4 Å². The Hall–Kier alpha value is -1.97. The molecule has 0 radical (unpaired) electrons. The van der Waals surface area contributed by atoms with Crippen molar-refractivity contribution in [2.75, 3.05) is 19.0 Å². The number of aliphatic hydroxyl groups is 3. The van der Waals surface area contributed by atoms with Gasteiger partial charge in [-0.05, 0) is 0 Å². The lowest BCUT2D eigenvalue weighted by Crippen LogP contribution is -2.46. The van der Waals surface area contributed by atoms with Crippen LogP contribution in [0.1, 0.15) is 0 Å². The normalized spacial score (nSPS) is 19.9. The maximum Gasteiger partial charge on any atom is 0.300 e. The number of hydrogen-bond donors (Lipinski definition) is 4. The van der Waals surface area contributed by atoms with Crippen LogP contribution in [0.2, 0.25) is 0 Å². The first-order valence-corrected chi connectivity index (χ1v) is 5.92. The zero-order valence-electron chi connectivity index (χ0n) is 11.0. The van der Waals surface area contributed by atoms with Crippen LogP contribution in [0.15, 0.2) is 9.79 Å². The second kappa shape index (κ2) is 5.57. The summed E-state index contributed by atoms with van der Waals surface area (Å²) in [5.41, 5.74) is -0.315. The zero-order chi connectivity index (χ0) is 14.9. The summed E-state index contributed by atoms with van der Waals surface area (Å²) in [6.07, 6.45) is -1.32.